The summed E-state index contributed by atoms with van der Waals surface area (Å²) < 4.78 is 3.55. The van der Waals surface area contributed by atoms with Crippen LogP contribution in [0.5, 0.6) is 0 Å². The maximum atomic E-state index is 12.2. The highest BCUT2D eigenvalue weighted by atomic mass is 35.5. The van der Waals surface area contributed by atoms with Gasteiger partial charge in [0.1, 0.15) is 5.82 Å². The SMILES string of the molecule is Cn1cc(C2CC(=O)Nc3c2cnn3Cc2cccc(Cl)c2)cn1. The molecule has 0 saturated carbocycles. The minimum atomic E-state index is -0.0180. The third-order valence-corrected chi connectivity index (χ3v) is 4.47. The molecule has 0 spiro atoms. The Morgan fingerprint density at radius 1 is 1.33 bits per heavy atom. The molecule has 0 radical (unpaired) electrons. The highest BCUT2D eigenvalue weighted by Gasteiger charge is 2.30. The quantitative estimate of drug-likeness (QED) is 0.796. The molecule has 0 saturated heterocycles. The van der Waals surface area contributed by atoms with E-state index in [1.54, 1.807) is 15.6 Å². The van der Waals surface area contributed by atoms with Gasteiger partial charge in [-0.05, 0) is 23.3 Å². The molecule has 1 unspecified atom stereocenters. The van der Waals surface area contributed by atoms with Crippen molar-refractivity contribution in [2.75, 3.05) is 5.32 Å². The van der Waals surface area contributed by atoms with Crippen LogP contribution in [0.15, 0.2) is 42.9 Å². The van der Waals surface area contributed by atoms with Gasteiger partial charge < -0.3 is 5.32 Å². The van der Waals surface area contributed by atoms with Crippen LogP contribution in [0.25, 0.3) is 0 Å². The number of fused-ring (bicyclic) bond motifs is 1. The molecule has 1 atom stereocenters. The smallest absolute Gasteiger partial charge is 0.226 e. The first-order valence-corrected chi connectivity index (χ1v) is 8.06. The van der Waals surface area contributed by atoms with E-state index >= 15 is 0 Å². The maximum Gasteiger partial charge on any atom is 0.226 e. The molecule has 0 fully saturated rings. The van der Waals surface area contributed by atoms with Gasteiger partial charge in [0.05, 0.1) is 18.9 Å². The Morgan fingerprint density at radius 2 is 2.21 bits per heavy atom. The van der Waals surface area contributed by atoms with Gasteiger partial charge in [-0.25, -0.2) is 4.68 Å². The molecule has 1 amide bonds. The zero-order valence-corrected chi connectivity index (χ0v) is 13.9. The summed E-state index contributed by atoms with van der Waals surface area (Å²) in [5, 5.41) is 12.3. The van der Waals surface area contributed by atoms with Crippen LogP contribution in [-0.4, -0.2) is 25.5 Å². The molecule has 24 heavy (non-hydrogen) atoms. The number of nitrogens with one attached hydrogen (secondary N) is 1. The Hall–Kier alpha value is -2.60. The fourth-order valence-corrected chi connectivity index (χ4v) is 3.33. The standard InChI is InChI=1S/C17H16ClN5O/c1-22-10-12(7-19-22)14-6-16(24)21-17-15(14)8-20-23(17)9-11-3-2-4-13(18)5-11/h2-5,7-8,10,14H,6,9H2,1H3,(H,21,24). The number of aryl methyl sites for hydroxylation is 1. The van der Waals surface area contributed by atoms with Crippen molar-refractivity contribution in [1.82, 2.24) is 19.6 Å². The maximum absolute atomic E-state index is 12.2. The molecule has 6 nitrogen and oxygen atoms in total. The molecule has 2 aromatic heterocycles. The van der Waals surface area contributed by atoms with E-state index in [1.807, 2.05) is 43.7 Å². The highest BCUT2D eigenvalue weighted by molar-refractivity contribution is 6.30. The molecule has 1 N–H and O–H groups in total. The highest BCUT2D eigenvalue weighted by Crippen LogP contribution is 2.37. The number of amides is 1. The second kappa shape index (κ2) is 5.79. The number of anilines is 1. The van der Waals surface area contributed by atoms with E-state index in [0.29, 0.717) is 18.0 Å². The zero-order chi connectivity index (χ0) is 16.7. The van der Waals surface area contributed by atoms with Crippen molar-refractivity contribution < 1.29 is 4.79 Å². The van der Waals surface area contributed by atoms with E-state index in [0.717, 1.165) is 22.5 Å². The Kier molecular flexibility index (Phi) is 3.61. The molecule has 4 rings (SSSR count). The van der Waals surface area contributed by atoms with Crippen LogP contribution in [0.2, 0.25) is 5.02 Å². The fourth-order valence-electron chi connectivity index (χ4n) is 3.12. The molecule has 122 valence electrons. The van der Waals surface area contributed by atoms with E-state index in [1.165, 1.54) is 0 Å². The molecule has 3 heterocycles. The summed E-state index contributed by atoms with van der Waals surface area (Å²) in [5.41, 5.74) is 3.08. The number of carbonyl (C=O) groups is 1. The number of nitrogens with zero attached hydrogens (tertiary/aromatic N) is 4. The van der Waals surface area contributed by atoms with E-state index in [-0.39, 0.29) is 11.8 Å². The lowest BCUT2D eigenvalue weighted by molar-refractivity contribution is -0.116. The van der Waals surface area contributed by atoms with Gasteiger partial charge in [-0.15, -0.1) is 0 Å². The number of hydrogen-bond acceptors (Lipinski definition) is 3. The van der Waals surface area contributed by atoms with E-state index in [2.05, 4.69) is 15.5 Å². The number of rotatable bonds is 3. The van der Waals surface area contributed by atoms with Crippen LogP contribution < -0.4 is 5.32 Å². The van der Waals surface area contributed by atoms with Gasteiger partial charge in [0.15, 0.2) is 0 Å². The second-order valence-electron chi connectivity index (χ2n) is 5.99. The Bertz CT molecular complexity index is 913. The van der Waals surface area contributed by atoms with Crippen LogP contribution in [0.1, 0.15) is 29.0 Å². The average Bonchev–Trinajstić information content (AvgIpc) is 3.14. The zero-order valence-electron chi connectivity index (χ0n) is 13.1. The minimum absolute atomic E-state index is 0.0100. The number of halogens is 1. The average molecular weight is 342 g/mol. The molecule has 7 heteroatoms. The lowest BCUT2D eigenvalue weighted by atomic mass is 9.89. The summed E-state index contributed by atoms with van der Waals surface area (Å²) in [4.78, 5) is 12.2. The molecule has 1 aliphatic rings. The van der Waals surface area contributed by atoms with Gasteiger partial charge in [0.2, 0.25) is 5.91 Å². The first kappa shape index (κ1) is 15.0. The van der Waals surface area contributed by atoms with Crippen molar-refractivity contribution in [3.05, 3.63) is 64.6 Å². The van der Waals surface area contributed by atoms with Crippen molar-refractivity contribution in [2.24, 2.45) is 7.05 Å². The summed E-state index contributed by atoms with van der Waals surface area (Å²) in [6, 6.07) is 7.64. The van der Waals surface area contributed by atoms with E-state index in [9.17, 15) is 4.79 Å². The largest absolute Gasteiger partial charge is 0.311 e. The topological polar surface area (TPSA) is 64.7 Å². The Labute approximate surface area is 144 Å². The number of aromatic nitrogens is 4. The van der Waals surface area contributed by atoms with E-state index in [4.69, 9.17) is 11.6 Å². The summed E-state index contributed by atoms with van der Waals surface area (Å²) in [6.07, 6.45) is 5.99. The number of benzene rings is 1. The fraction of sp³-hybridized carbons (Fsp3) is 0.235. The molecule has 0 aliphatic carbocycles. The summed E-state index contributed by atoms with van der Waals surface area (Å²) >= 11 is 6.05. The molecule has 3 aromatic rings. The first-order chi connectivity index (χ1) is 11.6. The Morgan fingerprint density at radius 3 is 2.96 bits per heavy atom. The van der Waals surface area contributed by atoms with E-state index < -0.39 is 0 Å². The summed E-state index contributed by atoms with van der Waals surface area (Å²) in [7, 11) is 1.87. The van der Waals surface area contributed by atoms with Crippen molar-refractivity contribution in [1.29, 1.82) is 0 Å². The summed E-state index contributed by atoms with van der Waals surface area (Å²) in [5.74, 6) is 0.722. The van der Waals surface area contributed by atoms with Gasteiger partial charge >= 0.3 is 0 Å². The molecule has 1 aliphatic heterocycles. The number of carbonyl (C=O) groups excluding carboxylic acids is 1. The Balaban J connectivity index is 1.70. The minimum Gasteiger partial charge on any atom is -0.311 e. The van der Waals surface area contributed by atoms with Crippen LogP contribution in [0.3, 0.4) is 0 Å². The van der Waals surface area contributed by atoms with Crippen LogP contribution >= 0.6 is 11.6 Å². The van der Waals surface area contributed by atoms with Crippen LogP contribution in [0.4, 0.5) is 5.82 Å². The molecular formula is C17H16ClN5O. The second-order valence-corrected chi connectivity index (χ2v) is 6.42. The van der Waals surface area contributed by atoms with Gasteiger partial charge in [-0.2, -0.15) is 10.2 Å². The van der Waals surface area contributed by atoms with Crippen LogP contribution in [-0.2, 0) is 18.4 Å². The van der Waals surface area contributed by atoms with Crippen molar-refractivity contribution in [3.63, 3.8) is 0 Å². The monoisotopic (exact) mass is 341 g/mol. The van der Waals surface area contributed by atoms with Gasteiger partial charge in [0, 0.05) is 36.2 Å². The first-order valence-electron chi connectivity index (χ1n) is 7.68. The van der Waals surface area contributed by atoms with Gasteiger partial charge in [0.25, 0.3) is 0 Å². The van der Waals surface area contributed by atoms with Crippen molar-refractivity contribution in [2.45, 2.75) is 18.9 Å². The summed E-state index contributed by atoms with van der Waals surface area (Å²) in [6.45, 7) is 0.552. The lowest BCUT2D eigenvalue weighted by Gasteiger charge is -2.22. The third kappa shape index (κ3) is 2.69. The third-order valence-electron chi connectivity index (χ3n) is 4.24. The molecule has 0 bridgehead atoms. The number of hydrogen-bond donors (Lipinski definition) is 1. The van der Waals surface area contributed by atoms with Crippen molar-refractivity contribution >= 4 is 23.3 Å². The molecule has 1 aromatic carbocycles. The van der Waals surface area contributed by atoms with Crippen molar-refractivity contribution in [3.8, 4) is 0 Å². The predicted octanol–water partition coefficient (Wildman–Crippen LogP) is 2.79. The lowest BCUT2D eigenvalue weighted by Crippen LogP contribution is -2.24. The molecular weight excluding hydrogens is 326 g/mol. The van der Waals surface area contributed by atoms with Gasteiger partial charge in [-0.3, -0.25) is 9.48 Å². The van der Waals surface area contributed by atoms with Crippen LogP contribution in [0, 0.1) is 0 Å². The van der Waals surface area contributed by atoms with Gasteiger partial charge in [-0.1, -0.05) is 23.7 Å². The normalized spacial score (nSPS) is 16.8. The predicted molar refractivity (Wildman–Crippen MR) is 91.1 cm³/mol.